The third-order valence-corrected chi connectivity index (χ3v) is 5.28. The second kappa shape index (κ2) is 13.7. The van der Waals surface area contributed by atoms with Gasteiger partial charge in [0.2, 0.25) is 0 Å². The fraction of sp³-hybridized carbons (Fsp3) is 0.167. The van der Waals surface area contributed by atoms with Gasteiger partial charge in [-0.25, -0.2) is 14.7 Å². The minimum atomic E-state index is -0.393. The van der Waals surface area contributed by atoms with Crippen LogP contribution in [0.2, 0.25) is 15.1 Å². The van der Waals surface area contributed by atoms with Crippen LogP contribution in [0.4, 0.5) is 21.0 Å². The molecule has 3 aromatic rings. The molecule has 0 spiro atoms. The number of rotatable bonds is 5. The van der Waals surface area contributed by atoms with Gasteiger partial charge in [0, 0.05) is 37.5 Å². The number of ether oxygens (including phenoxy) is 1. The summed E-state index contributed by atoms with van der Waals surface area (Å²) in [6, 6.07) is 18.5. The number of halogens is 3. The van der Waals surface area contributed by atoms with E-state index in [0.717, 1.165) is 5.06 Å². The summed E-state index contributed by atoms with van der Waals surface area (Å²) in [6.07, 6.45) is 0. The molecular formula is C24H25Cl3N4O4. The van der Waals surface area contributed by atoms with Crippen LogP contribution in [0, 0.1) is 0 Å². The Hall–Kier alpha value is -3.17. The van der Waals surface area contributed by atoms with Crippen molar-refractivity contribution in [1.82, 2.24) is 9.96 Å². The molecule has 0 aromatic heterocycles. The van der Waals surface area contributed by atoms with Gasteiger partial charge in [-0.3, -0.25) is 4.84 Å². The van der Waals surface area contributed by atoms with E-state index in [-0.39, 0.29) is 6.03 Å². The van der Waals surface area contributed by atoms with Gasteiger partial charge in [0.25, 0.3) is 0 Å². The van der Waals surface area contributed by atoms with Gasteiger partial charge >= 0.3 is 12.1 Å². The summed E-state index contributed by atoms with van der Waals surface area (Å²) in [7, 11) is 6.27. The molecule has 2 N–H and O–H groups in total. The van der Waals surface area contributed by atoms with Crippen LogP contribution in [0.1, 0.15) is 0 Å². The Morgan fingerprint density at radius 2 is 1.23 bits per heavy atom. The SMILES string of the molecule is CN(C)C(=O)Nc1ccc(Oc2ccc(Cl)cc2)cc1.CON(C)C(=O)Nc1ccc(Cl)c(Cl)c1. The number of hydrogen-bond acceptors (Lipinski definition) is 4. The normalized spacial score (nSPS) is 9.91. The minimum absolute atomic E-state index is 0.170. The highest BCUT2D eigenvalue weighted by Gasteiger charge is 2.08. The van der Waals surface area contributed by atoms with Crippen molar-refractivity contribution in [3.8, 4) is 11.5 Å². The number of carbonyl (C=O) groups excluding carboxylic acids is 2. The number of amides is 4. The predicted molar refractivity (Wildman–Crippen MR) is 141 cm³/mol. The van der Waals surface area contributed by atoms with Gasteiger partial charge in [0.1, 0.15) is 11.5 Å². The molecule has 0 saturated carbocycles. The molecule has 0 aliphatic carbocycles. The summed E-state index contributed by atoms with van der Waals surface area (Å²) in [5, 5.41) is 7.88. The fourth-order valence-corrected chi connectivity index (χ4v) is 2.76. The van der Waals surface area contributed by atoms with Crippen molar-refractivity contribution in [1.29, 1.82) is 0 Å². The molecule has 0 saturated heterocycles. The molecule has 0 heterocycles. The standard InChI is InChI=1S/C15H15ClN2O2.C9H10Cl2N2O2/c1-18(2)15(19)17-12-5-9-14(10-6-12)20-13-7-3-11(16)4-8-13;1-13(15-2)9(14)12-6-3-4-7(10)8(11)5-6/h3-10H,1-2H3,(H,17,19);3-5H,1-2H3,(H,12,14). The van der Waals surface area contributed by atoms with Crippen molar-refractivity contribution in [2.45, 2.75) is 0 Å². The highest BCUT2D eigenvalue weighted by Crippen LogP contribution is 2.25. The number of hydrogen-bond donors (Lipinski definition) is 2. The molecule has 0 unspecified atom stereocenters. The van der Waals surface area contributed by atoms with Crippen LogP contribution in [-0.4, -0.2) is 50.3 Å². The maximum absolute atomic E-state index is 11.5. The Kier molecular flexibility index (Phi) is 10.9. The Morgan fingerprint density at radius 3 is 1.74 bits per heavy atom. The first kappa shape index (κ1) is 28.1. The van der Waals surface area contributed by atoms with Crippen LogP contribution in [0.15, 0.2) is 66.7 Å². The first-order valence-corrected chi connectivity index (χ1v) is 11.3. The lowest BCUT2D eigenvalue weighted by Crippen LogP contribution is -2.30. The van der Waals surface area contributed by atoms with E-state index in [9.17, 15) is 9.59 Å². The molecule has 0 bridgehead atoms. The van der Waals surface area contributed by atoms with E-state index in [0.29, 0.717) is 37.9 Å². The second-order valence-electron chi connectivity index (χ2n) is 7.14. The highest BCUT2D eigenvalue weighted by molar-refractivity contribution is 6.42. The van der Waals surface area contributed by atoms with E-state index in [1.54, 1.807) is 80.8 Å². The third kappa shape index (κ3) is 9.54. The number of anilines is 2. The van der Waals surface area contributed by atoms with E-state index < -0.39 is 6.03 Å². The van der Waals surface area contributed by atoms with Gasteiger partial charge in [-0.1, -0.05) is 34.8 Å². The van der Waals surface area contributed by atoms with Crippen molar-refractivity contribution < 1.29 is 19.2 Å². The van der Waals surface area contributed by atoms with E-state index in [1.165, 1.54) is 19.1 Å². The molecule has 0 fully saturated rings. The number of nitrogens with one attached hydrogen (secondary N) is 2. The van der Waals surface area contributed by atoms with E-state index in [4.69, 9.17) is 44.4 Å². The summed E-state index contributed by atoms with van der Waals surface area (Å²) in [5.74, 6) is 1.40. The van der Waals surface area contributed by atoms with Gasteiger partial charge in [0.05, 0.1) is 17.2 Å². The third-order valence-electron chi connectivity index (χ3n) is 4.29. The number of nitrogens with zero attached hydrogens (tertiary/aromatic N) is 2. The number of hydroxylamine groups is 2. The average molecular weight is 540 g/mol. The smallest absolute Gasteiger partial charge is 0.345 e. The summed E-state index contributed by atoms with van der Waals surface area (Å²) < 4.78 is 5.66. The molecule has 0 aliphatic heterocycles. The summed E-state index contributed by atoms with van der Waals surface area (Å²) in [4.78, 5) is 29.0. The van der Waals surface area contributed by atoms with Gasteiger partial charge < -0.3 is 20.3 Å². The van der Waals surface area contributed by atoms with Crippen LogP contribution < -0.4 is 15.4 Å². The van der Waals surface area contributed by atoms with E-state index >= 15 is 0 Å². The van der Waals surface area contributed by atoms with E-state index in [1.807, 2.05) is 0 Å². The van der Waals surface area contributed by atoms with Gasteiger partial charge in [0.15, 0.2) is 0 Å². The summed E-state index contributed by atoms with van der Waals surface area (Å²) in [6.45, 7) is 0. The van der Waals surface area contributed by atoms with Gasteiger partial charge in [-0.2, -0.15) is 0 Å². The maximum Gasteiger partial charge on any atom is 0.345 e. The zero-order valence-electron chi connectivity index (χ0n) is 19.5. The van der Waals surface area contributed by atoms with Crippen LogP contribution in [0.5, 0.6) is 11.5 Å². The van der Waals surface area contributed by atoms with Crippen molar-refractivity contribution in [2.75, 3.05) is 38.9 Å². The summed E-state index contributed by atoms with van der Waals surface area (Å²) >= 11 is 17.3. The van der Waals surface area contributed by atoms with Gasteiger partial charge in [-0.15, -0.1) is 0 Å². The van der Waals surface area contributed by atoms with Crippen LogP contribution in [-0.2, 0) is 4.84 Å². The lowest BCUT2D eigenvalue weighted by atomic mass is 10.3. The molecule has 186 valence electrons. The van der Waals surface area contributed by atoms with Crippen LogP contribution >= 0.6 is 34.8 Å². The molecule has 0 atom stereocenters. The number of urea groups is 2. The molecule has 0 aliphatic rings. The first-order valence-electron chi connectivity index (χ1n) is 10.1. The molecule has 3 rings (SSSR count). The Morgan fingerprint density at radius 1 is 0.714 bits per heavy atom. The fourth-order valence-electron chi connectivity index (χ4n) is 2.34. The molecule has 11 heteroatoms. The topological polar surface area (TPSA) is 83.1 Å². The van der Waals surface area contributed by atoms with Crippen LogP contribution in [0.3, 0.4) is 0 Å². The van der Waals surface area contributed by atoms with Crippen molar-refractivity contribution >= 4 is 58.2 Å². The average Bonchev–Trinajstić information content (AvgIpc) is 2.84. The van der Waals surface area contributed by atoms with Gasteiger partial charge in [-0.05, 0) is 66.7 Å². The number of benzene rings is 3. The lowest BCUT2D eigenvalue weighted by molar-refractivity contribution is -0.0598. The molecule has 8 nitrogen and oxygen atoms in total. The van der Waals surface area contributed by atoms with Crippen molar-refractivity contribution in [3.63, 3.8) is 0 Å². The summed E-state index contributed by atoms with van der Waals surface area (Å²) in [5.41, 5.74) is 1.27. The highest BCUT2D eigenvalue weighted by atomic mass is 35.5. The second-order valence-corrected chi connectivity index (χ2v) is 8.39. The molecule has 3 aromatic carbocycles. The zero-order chi connectivity index (χ0) is 26.0. The number of carbonyl (C=O) groups is 2. The zero-order valence-corrected chi connectivity index (χ0v) is 21.8. The van der Waals surface area contributed by atoms with Crippen molar-refractivity contribution in [2.24, 2.45) is 0 Å². The van der Waals surface area contributed by atoms with Crippen LogP contribution in [0.25, 0.3) is 0 Å². The molecular weight excluding hydrogens is 515 g/mol. The lowest BCUT2D eigenvalue weighted by Gasteiger charge is -2.14. The van der Waals surface area contributed by atoms with E-state index in [2.05, 4.69) is 10.6 Å². The largest absolute Gasteiger partial charge is 0.457 e. The molecule has 4 amide bonds. The quantitative estimate of drug-likeness (QED) is 0.335. The Bertz CT molecular complexity index is 1130. The Labute approximate surface area is 219 Å². The minimum Gasteiger partial charge on any atom is -0.457 e. The Balaban J connectivity index is 0.000000258. The molecule has 35 heavy (non-hydrogen) atoms. The van der Waals surface area contributed by atoms with Crippen molar-refractivity contribution in [3.05, 3.63) is 81.8 Å². The molecule has 0 radical (unpaired) electrons. The monoisotopic (exact) mass is 538 g/mol. The first-order chi connectivity index (χ1) is 16.6. The predicted octanol–water partition coefficient (Wildman–Crippen LogP) is 7.24. The maximum atomic E-state index is 11.5.